The highest BCUT2D eigenvalue weighted by Crippen LogP contribution is 2.42. The first-order valence-corrected chi connectivity index (χ1v) is 9.08. The van der Waals surface area contributed by atoms with Crippen molar-refractivity contribution < 1.29 is 0 Å². The average molecular weight is 345 g/mol. The molecule has 1 fully saturated rings. The third-order valence-corrected chi connectivity index (χ3v) is 4.76. The van der Waals surface area contributed by atoms with Crippen LogP contribution >= 0.6 is 0 Å². The molecule has 1 saturated carbocycles. The van der Waals surface area contributed by atoms with Gasteiger partial charge >= 0.3 is 0 Å². The van der Waals surface area contributed by atoms with Crippen LogP contribution in [0.3, 0.4) is 0 Å². The fourth-order valence-corrected chi connectivity index (χ4v) is 3.27. The summed E-state index contributed by atoms with van der Waals surface area (Å²) >= 11 is 0. The molecule has 0 aromatic carbocycles. The fourth-order valence-electron chi connectivity index (χ4n) is 3.27. The number of nitrogens with one attached hydrogen (secondary N) is 1. The molecule has 1 aliphatic rings. The quantitative estimate of drug-likeness (QED) is 0.741. The van der Waals surface area contributed by atoms with Gasteiger partial charge in [0.1, 0.15) is 0 Å². The minimum absolute atomic E-state index is 0.155. The van der Waals surface area contributed by atoms with Crippen LogP contribution in [0.2, 0.25) is 0 Å². The van der Waals surface area contributed by atoms with Crippen molar-refractivity contribution in [2.24, 2.45) is 5.92 Å². The first-order chi connectivity index (χ1) is 12.6. The maximum atomic E-state index is 4.74. The lowest BCUT2D eigenvalue weighted by Crippen LogP contribution is -2.16. The molecule has 3 aromatic heterocycles. The molecule has 1 N–H and O–H groups in total. The van der Waals surface area contributed by atoms with Crippen LogP contribution in [0.25, 0.3) is 11.3 Å². The van der Waals surface area contributed by atoms with Crippen LogP contribution in [-0.4, -0.2) is 19.9 Å². The zero-order chi connectivity index (χ0) is 18.1. The van der Waals surface area contributed by atoms with Gasteiger partial charge in [-0.25, -0.2) is 9.97 Å². The smallest absolute Gasteiger partial charge is 0.223 e. The summed E-state index contributed by atoms with van der Waals surface area (Å²) in [4.78, 5) is 18.4. The molecule has 3 aromatic rings. The predicted octanol–water partition coefficient (Wildman–Crippen LogP) is 4.42. The first kappa shape index (κ1) is 16.6. The van der Waals surface area contributed by atoms with Gasteiger partial charge in [-0.1, -0.05) is 6.07 Å². The molecule has 1 atom stereocenters. The Morgan fingerprint density at radius 3 is 2.46 bits per heavy atom. The second-order valence-corrected chi connectivity index (χ2v) is 7.01. The van der Waals surface area contributed by atoms with E-state index in [-0.39, 0.29) is 6.04 Å². The van der Waals surface area contributed by atoms with Crippen LogP contribution in [0, 0.1) is 26.7 Å². The molecule has 0 unspecified atom stereocenters. The van der Waals surface area contributed by atoms with E-state index in [0.29, 0.717) is 11.9 Å². The Labute approximate surface area is 154 Å². The predicted molar refractivity (Wildman–Crippen MR) is 103 cm³/mol. The normalized spacial score (nSPS) is 14.9. The molecule has 0 spiro atoms. The van der Waals surface area contributed by atoms with Gasteiger partial charge in [0, 0.05) is 28.8 Å². The summed E-state index contributed by atoms with van der Waals surface area (Å²) in [6, 6.07) is 12.3. The number of rotatable bonds is 5. The summed E-state index contributed by atoms with van der Waals surface area (Å²) in [5, 5.41) is 3.52. The number of hydrogen-bond donors (Lipinski definition) is 1. The minimum atomic E-state index is 0.155. The number of aromatic nitrogens is 4. The molecule has 5 heteroatoms. The van der Waals surface area contributed by atoms with E-state index in [2.05, 4.69) is 33.5 Å². The van der Waals surface area contributed by atoms with Crippen molar-refractivity contribution in [3.8, 4) is 11.3 Å². The Morgan fingerprint density at radius 1 is 0.923 bits per heavy atom. The molecule has 0 radical (unpaired) electrons. The number of pyridine rings is 2. The van der Waals surface area contributed by atoms with Crippen molar-refractivity contribution in [2.75, 3.05) is 5.32 Å². The standard InChI is InChI=1S/C21H23N5/c1-13-5-4-6-19(24-13)20(16-8-9-16)26-21-22-12-11-18(25-21)17-10-7-14(2)23-15(17)3/h4-7,10-12,16,20H,8-9H2,1-3H3,(H,22,25,26)/t20-/m0/s1. The lowest BCUT2D eigenvalue weighted by atomic mass is 10.1. The molecule has 132 valence electrons. The Morgan fingerprint density at radius 2 is 1.73 bits per heavy atom. The van der Waals surface area contributed by atoms with Crippen LogP contribution in [-0.2, 0) is 0 Å². The number of aryl methyl sites for hydroxylation is 3. The van der Waals surface area contributed by atoms with Gasteiger partial charge in [-0.3, -0.25) is 9.97 Å². The Bertz CT molecular complexity index is 933. The van der Waals surface area contributed by atoms with Gasteiger partial charge < -0.3 is 5.32 Å². The van der Waals surface area contributed by atoms with Crippen LogP contribution in [0.15, 0.2) is 42.6 Å². The third kappa shape index (κ3) is 3.57. The number of anilines is 1. The summed E-state index contributed by atoms with van der Waals surface area (Å²) in [5.74, 6) is 1.24. The van der Waals surface area contributed by atoms with E-state index in [1.807, 2.05) is 39.0 Å². The molecule has 0 bridgehead atoms. The lowest BCUT2D eigenvalue weighted by Gasteiger charge is -2.18. The summed E-state index contributed by atoms with van der Waals surface area (Å²) in [5.41, 5.74) is 6.02. The van der Waals surface area contributed by atoms with E-state index in [9.17, 15) is 0 Å². The molecular weight excluding hydrogens is 322 g/mol. The molecule has 4 rings (SSSR count). The van der Waals surface area contributed by atoms with Gasteiger partial charge in [0.25, 0.3) is 0 Å². The van der Waals surface area contributed by atoms with E-state index in [1.165, 1.54) is 12.8 Å². The second kappa shape index (κ2) is 6.83. The van der Waals surface area contributed by atoms with Crippen molar-refractivity contribution in [1.82, 2.24) is 19.9 Å². The Kier molecular flexibility index (Phi) is 4.37. The van der Waals surface area contributed by atoms with Gasteiger partial charge in [-0.05, 0) is 69.9 Å². The highest BCUT2D eigenvalue weighted by Gasteiger charge is 2.33. The highest BCUT2D eigenvalue weighted by molar-refractivity contribution is 5.62. The van der Waals surface area contributed by atoms with E-state index < -0.39 is 0 Å². The second-order valence-electron chi connectivity index (χ2n) is 7.01. The molecule has 0 aliphatic heterocycles. The monoisotopic (exact) mass is 345 g/mol. The minimum Gasteiger partial charge on any atom is -0.346 e. The van der Waals surface area contributed by atoms with E-state index in [0.717, 1.165) is 34.0 Å². The molecular formula is C21H23N5. The molecule has 26 heavy (non-hydrogen) atoms. The third-order valence-electron chi connectivity index (χ3n) is 4.76. The van der Waals surface area contributed by atoms with Crippen LogP contribution < -0.4 is 5.32 Å². The summed E-state index contributed by atoms with van der Waals surface area (Å²) in [6.07, 6.45) is 4.24. The van der Waals surface area contributed by atoms with Crippen molar-refractivity contribution in [1.29, 1.82) is 0 Å². The number of hydrogen-bond acceptors (Lipinski definition) is 5. The Hall–Kier alpha value is -2.82. The van der Waals surface area contributed by atoms with Crippen LogP contribution in [0.4, 0.5) is 5.95 Å². The van der Waals surface area contributed by atoms with Crippen LogP contribution in [0.1, 0.15) is 41.7 Å². The molecule has 0 amide bonds. The number of nitrogens with zero attached hydrogens (tertiary/aromatic N) is 4. The van der Waals surface area contributed by atoms with Crippen molar-refractivity contribution in [2.45, 2.75) is 39.7 Å². The van der Waals surface area contributed by atoms with Gasteiger partial charge in [-0.15, -0.1) is 0 Å². The average Bonchev–Trinajstić information content (AvgIpc) is 3.45. The van der Waals surface area contributed by atoms with Gasteiger partial charge in [-0.2, -0.15) is 0 Å². The van der Waals surface area contributed by atoms with Crippen molar-refractivity contribution >= 4 is 5.95 Å². The van der Waals surface area contributed by atoms with Crippen LogP contribution in [0.5, 0.6) is 0 Å². The molecule has 0 saturated heterocycles. The highest BCUT2D eigenvalue weighted by atomic mass is 15.1. The first-order valence-electron chi connectivity index (χ1n) is 9.08. The maximum absolute atomic E-state index is 4.74. The SMILES string of the molecule is Cc1cccc([C@@H](Nc2nccc(-c3ccc(C)nc3C)n2)C2CC2)n1. The van der Waals surface area contributed by atoms with E-state index >= 15 is 0 Å². The van der Waals surface area contributed by atoms with E-state index in [1.54, 1.807) is 6.20 Å². The van der Waals surface area contributed by atoms with Gasteiger partial charge in [0.2, 0.25) is 5.95 Å². The fraction of sp³-hybridized carbons (Fsp3) is 0.333. The zero-order valence-corrected chi connectivity index (χ0v) is 15.4. The van der Waals surface area contributed by atoms with Gasteiger partial charge in [0.15, 0.2) is 0 Å². The topological polar surface area (TPSA) is 63.6 Å². The largest absolute Gasteiger partial charge is 0.346 e. The summed E-state index contributed by atoms with van der Waals surface area (Å²) in [6.45, 7) is 6.04. The molecule has 5 nitrogen and oxygen atoms in total. The van der Waals surface area contributed by atoms with Crippen molar-refractivity contribution in [3.05, 3.63) is 65.4 Å². The van der Waals surface area contributed by atoms with E-state index in [4.69, 9.17) is 9.97 Å². The summed E-state index contributed by atoms with van der Waals surface area (Å²) in [7, 11) is 0. The Balaban J connectivity index is 1.63. The van der Waals surface area contributed by atoms with Crippen molar-refractivity contribution in [3.63, 3.8) is 0 Å². The summed E-state index contributed by atoms with van der Waals surface area (Å²) < 4.78 is 0. The lowest BCUT2D eigenvalue weighted by molar-refractivity contribution is 0.649. The molecule has 3 heterocycles. The van der Waals surface area contributed by atoms with Gasteiger partial charge in [0.05, 0.1) is 17.4 Å². The maximum Gasteiger partial charge on any atom is 0.223 e. The zero-order valence-electron chi connectivity index (χ0n) is 15.4. The molecule has 1 aliphatic carbocycles.